The molecule has 3 aliphatic carbocycles. The van der Waals surface area contributed by atoms with Crippen molar-refractivity contribution < 1.29 is 0 Å². The highest BCUT2D eigenvalue weighted by atomic mass is 15.2. The average Bonchev–Trinajstić information content (AvgIpc) is 3.97. The molecular formula is C61H46N2. The molecule has 0 N–H and O–H groups in total. The Morgan fingerprint density at radius 1 is 0.349 bits per heavy atom. The van der Waals surface area contributed by atoms with Crippen molar-refractivity contribution in [2.24, 2.45) is 0 Å². The SMILES string of the molecule is CC1(C)c2ccccc2-c2c(N(c3ccc4c5ccccc5n(C5(c6ccccc6)c6ccccc6-c6ccccc65)c4c3)c3cccc4c3-c3ccccc3C4(C)C)cccc21. The molecule has 0 spiro atoms. The molecule has 10 aromatic rings. The van der Waals surface area contributed by atoms with E-state index in [2.05, 4.69) is 243 Å². The summed E-state index contributed by atoms with van der Waals surface area (Å²) in [6.45, 7) is 9.54. The highest BCUT2D eigenvalue weighted by molar-refractivity contribution is 6.11. The van der Waals surface area contributed by atoms with Crippen molar-refractivity contribution >= 4 is 38.9 Å². The monoisotopic (exact) mass is 806 g/mol. The molecule has 0 saturated heterocycles. The predicted molar refractivity (Wildman–Crippen MR) is 263 cm³/mol. The Morgan fingerprint density at radius 2 is 0.794 bits per heavy atom. The van der Waals surface area contributed by atoms with Crippen molar-refractivity contribution in [3.8, 4) is 33.4 Å². The Hall–Kier alpha value is -7.42. The number of rotatable bonds is 5. The summed E-state index contributed by atoms with van der Waals surface area (Å²) in [5.41, 5.74) is 22.0. The van der Waals surface area contributed by atoms with Crippen LogP contribution in [0.4, 0.5) is 17.1 Å². The second kappa shape index (κ2) is 12.8. The molecule has 2 nitrogen and oxygen atoms in total. The molecule has 0 amide bonds. The highest BCUT2D eigenvalue weighted by Crippen LogP contribution is 2.60. The van der Waals surface area contributed by atoms with Crippen LogP contribution in [0.5, 0.6) is 0 Å². The maximum Gasteiger partial charge on any atom is 0.122 e. The number of hydrogen-bond acceptors (Lipinski definition) is 1. The van der Waals surface area contributed by atoms with E-state index in [1.807, 2.05) is 0 Å². The van der Waals surface area contributed by atoms with Crippen molar-refractivity contribution in [3.05, 3.63) is 245 Å². The first kappa shape index (κ1) is 36.3. The van der Waals surface area contributed by atoms with Crippen LogP contribution in [0.15, 0.2) is 206 Å². The lowest BCUT2D eigenvalue weighted by atomic mass is 9.80. The zero-order chi connectivity index (χ0) is 42.2. The lowest BCUT2D eigenvalue weighted by molar-refractivity contribution is 0.564. The van der Waals surface area contributed by atoms with Gasteiger partial charge in [0.1, 0.15) is 5.54 Å². The minimum Gasteiger partial charge on any atom is -0.322 e. The van der Waals surface area contributed by atoms with Gasteiger partial charge in [0.2, 0.25) is 0 Å². The molecule has 0 fully saturated rings. The first-order chi connectivity index (χ1) is 30.8. The summed E-state index contributed by atoms with van der Waals surface area (Å²) in [4.78, 5) is 2.60. The normalized spacial score (nSPS) is 15.4. The lowest BCUT2D eigenvalue weighted by Crippen LogP contribution is -2.35. The van der Waals surface area contributed by atoms with Gasteiger partial charge in [-0.2, -0.15) is 0 Å². The number of hydrogen-bond donors (Lipinski definition) is 0. The number of nitrogens with zero attached hydrogens (tertiary/aromatic N) is 2. The van der Waals surface area contributed by atoms with Crippen molar-refractivity contribution in [2.45, 2.75) is 44.1 Å². The van der Waals surface area contributed by atoms with E-state index in [-0.39, 0.29) is 10.8 Å². The summed E-state index contributed by atoms with van der Waals surface area (Å²) < 4.78 is 2.68. The molecule has 0 unspecified atom stereocenters. The maximum atomic E-state index is 2.68. The molecule has 0 aliphatic heterocycles. The molecule has 3 aliphatic rings. The second-order valence-electron chi connectivity index (χ2n) is 18.8. The van der Waals surface area contributed by atoms with Gasteiger partial charge in [0.15, 0.2) is 0 Å². The van der Waals surface area contributed by atoms with Gasteiger partial charge in [-0.3, -0.25) is 0 Å². The molecule has 0 radical (unpaired) electrons. The van der Waals surface area contributed by atoms with E-state index in [0.717, 1.165) is 5.69 Å². The Bertz CT molecular complexity index is 3370. The largest absolute Gasteiger partial charge is 0.322 e. The fourth-order valence-electron chi connectivity index (χ4n) is 12.3. The standard InChI is InChI=1S/C61H46N2/c1-59(2)47-27-13-10-25-45(47)57-51(59)31-18-34-54(57)62(55-35-19-32-52-58(55)46-26-11-14-28-48(46)60(52,3)4)40-36-37-44-43-24-12-17-33-53(43)63(56(44)38-40)61(39-20-6-5-7-21-39)49-29-15-8-22-41(49)42-23-9-16-30-50(42)61/h5-38H,1-4H3. The Balaban J connectivity index is 1.18. The summed E-state index contributed by atoms with van der Waals surface area (Å²) in [5, 5.41) is 2.48. The van der Waals surface area contributed by atoms with E-state index in [1.165, 1.54) is 106 Å². The van der Waals surface area contributed by atoms with Crippen LogP contribution in [0.3, 0.4) is 0 Å². The first-order valence-electron chi connectivity index (χ1n) is 22.4. The van der Waals surface area contributed by atoms with Gasteiger partial charge in [0.25, 0.3) is 0 Å². The van der Waals surface area contributed by atoms with Gasteiger partial charge < -0.3 is 9.47 Å². The number of anilines is 3. The fraction of sp³-hybridized carbons (Fsp3) is 0.115. The molecule has 0 saturated carbocycles. The van der Waals surface area contributed by atoms with E-state index in [9.17, 15) is 0 Å². The number of benzene rings is 9. The molecule has 0 bridgehead atoms. The zero-order valence-corrected chi connectivity index (χ0v) is 36.0. The van der Waals surface area contributed by atoms with Crippen LogP contribution in [-0.2, 0) is 16.4 Å². The summed E-state index contributed by atoms with van der Waals surface area (Å²) >= 11 is 0. The molecule has 13 rings (SSSR count). The maximum absolute atomic E-state index is 2.68. The smallest absolute Gasteiger partial charge is 0.122 e. The number of para-hydroxylation sites is 1. The van der Waals surface area contributed by atoms with Crippen LogP contribution in [0.1, 0.15) is 66.6 Å². The van der Waals surface area contributed by atoms with Crippen molar-refractivity contribution in [1.82, 2.24) is 4.57 Å². The summed E-state index contributed by atoms with van der Waals surface area (Å²) in [6, 6.07) is 77.7. The van der Waals surface area contributed by atoms with Gasteiger partial charge >= 0.3 is 0 Å². The topological polar surface area (TPSA) is 8.17 Å². The van der Waals surface area contributed by atoms with Gasteiger partial charge in [-0.25, -0.2) is 0 Å². The van der Waals surface area contributed by atoms with Crippen LogP contribution in [-0.4, -0.2) is 4.57 Å². The van der Waals surface area contributed by atoms with Crippen LogP contribution >= 0.6 is 0 Å². The molecule has 63 heavy (non-hydrogen) atoms. The van der Waals surface area contributed by atoms with Crippen molar-refractivity contribution in [3.63, 3.8) is 0 Å². The Kier molecular flexibility index (Phi) is 7.37. The van der Waals surface area contributed by atoms with Gasteiger partial charge in [-0.15, -0.1) is 0 Å². The van der Waals surface area contributed by atoms with Crippen molar-refractivity contribution in [2.75, 3.05) is 4.90 Å². The van der Waals surface area contributed by atoms with Gasteiger partial charge in [-0.1, -0.05) is 204 Å². The third-order valence-corrected chi connectivity index (χ3v) is 15.0. The molecule has 2 heteroatoms. The molecule has 1 heterocycles. The Morgan fingerprint density at radius 3 is 1.37 bits per heavy atom. The van der Waals surface area contributed by atoms with Crippen LogP contribution in [0.25, 0.3) is 55.2 Å². The quantitative estimate of drug-likeness (QED) is 0.168. The van der Waals surface area contributed by atoms with E-state index in [1.54, 1.807) is 0 Å². The van der Waals surface area contributed by atoms with Gasteiger partial charge in [0, 0.05) is 38.4 Å². The van der Waals surface area contributed by atoms with Crippen molar-refractivity contribution in [1.29, 1.82) is 0 Å². The van der Waals surface area contributed by atoms with Crippen LogP contribution < -0.4 is 4.90 Å². The van der Waals surface area contributed by atoms with E-state index >= 15 is 0 Å². The molecule has 1 aromatic heterocycles. The van der Waals surface area contributed by atoms with Gasteiger partial charge in [0.05, 0.1) is 22.4 Å². The van der Waals surface area contributed by atoms with E-state index in [0.29, 0.717) is 0 Å². The molecule has 300 valence electrons. The molecule has 9 aromatic carbocycles. The van der Waals surface area contributed by atoms with Crippen LogP contribution in [0.2, 0.25) is 0 Å². The number of aromatic nitrogens is 1. The average molecular weight is 807 g/mol. The third-order valence-electron chi connectivity index (χ3n) is 15.0. The third kappa shape index (κ3) is 4.63. The highest BCUT2D eigenvalue weighted by Gasteiger charge is 2.48. The fourth-order valence-corrected chi connectivity index (χ4v) is 12.3. The van der Waals surface area contributed by atoms with E-state index in [4.69, 9.17) is 0 Å². The minimum absolute atomic E-state index is 0.150. The molecular weight excluding hydrogens is 761 g/mol. The Labute approximate surface area is 369 Å². The minimum atomic E-state index is -0.646. The lowest BCUT2D eigenvalue weighted by Gasteiger charge is -2.37. The summed E-state index contributed by atoms with van der Waals surface area (Å²) in [6.07, 6.45) is 0. The number of fused-ring (bicyclic) bond motifs is 12. The summed E-state index contributed by atoms with van der Waals surface area (Å²) in [7, 11) is 0. The summed E-state index contributed by atoms with van der Waals surface area (Å²) in [5.74, 6) is 0. The molecule has 0 atom stereocenters. The second-order valence-corrected chi connectivity index (χ2v) is 18.8. The first-order valence-corrected chi connectivity index (χ1v) is 22.4. The zero-order valence-electron chi connectivity index (χ0n) is 36.0. The van der Waals surface area contributed by atoms with Gasteiger partial charge in [-0.05, 0) is 91.5 Å². The van der Waals surface area contributed by atoms with E-state index < -0.39 is 5.54 Å². The van der Waals surface area contributed by atoms with Crippen LogP contribution in [0, 0.1) is 0 Å². The predicted octanol–water partition coefficient (Wildman–Crippen LogP) is 15.7.